The Morgan fingerprint density at radius 1 is 1.12 bits per heavy atom. The van der Waals surface area contributed by atoms with Gasteiger partial charge in [0.25, 0.3) is 0 Å². The summed E-state index contributed by atoms with van der Waals surface area (Å²) < 4.78 is 28.0. The lowest BCUT2D eigenvalue weighted by Gasteiger charge is -2.22. The van der Waals surface area contributed by atoms with Crippen molar-refractivity contribution in [2.75, 3.05) is 39.6 Å². The van der Waals surface area contributed by atoms with E-state index in [1.54, 1.807) is 21.0 Å². The lowest BCUT2D eigenvalue weighted by atomic mass is 10.1. The predicted octanol–water partition coefficient (Wildman–Crippen LogP) is 3.67. The first-order chi connectivity index (χ1) is 12.4. The van der Waals surface area contributed by atoms with Crippen LogP contribution in [0.1, 0.15) is 32.8 Å². The van der Waals surface area contributed by atoms with Crippen LogP contribution < -0.4 is 4.74 Å². The first-order valence-electron chi connectivity index (χ1n) is 8.86. The molecule has 7 nitrogen and oxygen atoms in total. The second-order valence-electron chi connectivity index (χ2n) is 5.58. The van der Waals surface area contributed by atoms with E-state index in [1.807, 2.05) is 24.3 Å². The van der Waals surface area contributed by atoms with Crippen LogP contribution in [0.25, 0.3) is 0 Å². The molecule has 1 aromatic rings. The van der Waals surface area contributed by atoms with Gasteiger partial charge in [-0.15, -0.1) is 0 Å². The van der Waals surface area contributed by atoms with Gasteiger partial charge in [0.2, 0.25) is 5.91 Å². The van der Waals surface area contributed by atoms with E-state index in [0.717, 1.165) is 11.3 Å². The van der Waals surface area contributed by atoms with Gasteiger partial charge in [-0.1, -0.05) is 12.1 Å². The molecule has 0 aliphatic carbocycles. The predicted molar refractivity (Wildman–Crippen MR) is 100 cm³/mol. The molecule has 0 saturated heterocycles. The number of carbonyl (C=O) groups is 1. The van der Waals surface area contributed by atoms with Gasteiger partial charge >= 0.3 is 7.60 Å². The van der Waals surface area contributed by atoms with Gasteiger partial charge in [0.05, 0.1) is 33.1 Å². The first-order valence-corrected chi connectivity index (χ1v) is 10.6. The molecule has 0 aromatic heterocycles. The van der Waals surface area contributed by atoms with Gasteiger partial charge in [0.15, 0.2) is 0 Å². The zero-order valence-electron chi connectivity index (χ0n) is 16.1. The summed E-state index contributed by atoms with van der Waals surface area (Å²) in [6.07, 6.45) is 1.39. The van der Waals surface area contributed by atoms with Gasteiger partial charge in [-0.05, 0) is 44.4 Å². The Balaban J connectivity index is 2.43. The Morgan fingerprint density at radius 2 is 1.73 bits per heavy atom. The first kappa shape index (κ1) is 22.6. The summed E-state index contributed by atoms with van der Waals surface area (Å²) >= 11 is 0. The van der Waals surface area contributed by atoms with E-state index in [4.69, 9.17) is 18.6 Å². The van der Waals surface area contributed by atoms with Crippen molar-refractivity contribution in [1.82, 2.24) is 5.06 Å². The Labute approximate surface area is 156 Å². The van der Waals surface area contributed by atoms with Gasteiger partial charge in [-0.2, -0.15) is 0 Å². The molecule has 1 amide bonds. The minimum atomic E-state index is -3.09. The zero-order valence-corrected chi connectivity index (χ0v) is 17.0. The maximum absolute atomic E-state index is 12.4. The van der Waals surface area contributed by atoms with E-state index >= 15 is 0 Å². The normalized spacial score (nSPS) is 11.4. The zero-order chi connectivity index (χ0) is 19.4. The SMILES string of the molecule is CCOP(=O)(CCCN(OCCc1ccc(OC)cc1)C(C)=O)OCC. The van der Waals surface area contributed by atoms with Crippen LogP contribution in [-0.4, -0.2) is 50.6 Å². The molecule has 0 radical (unpaired) electrons. The van der Waals surface area contributed by atoms with Crippen LogP contribution in [0.2, 0.25) is 0 Å². The van der Waals surface area contributed by atoms with Crippen molar-refractivity contribution in [1.29, 1.82) is 0 Å². The van der Waals surface area contributed by atoms with Crippen LogP contribution >= 0.6 is 7.60 Å². The minimum absolute atomic E-state index is 0.192. The van der Waals surface area contributed by atoms with E-state index in [9.17, 15) is 9.36 Å². The van der Waals surface area contributed by atoms with E-state index in [-0.39, 0.29) is 12.1 Å². The van der Waals surface area contributed by atoms with Gasteiger partial charge in [-0.25, -0.2) is 5.06 Å². The summed E-state index contributed by atoms with van der Waals surface area (Å²) in [7, 11) is -1.47. The van der Waals surface area contributed by atoms with Gasteiger partial charge in [-0.3, -0.25) is 14.2 Å². The number of methoxy groups -OCH3 is 1. The lowest BCUT2D eigenvalue weighted by molar-refractivity contribution is -0.183. The molecule has 0 saturated carbocycles. The van der Waals surface area contributed by atoms with Crippen LogP contribution in [0.4, 0.5) is 0 Å². The van der Waals surface area contributed by atoms with Crippen molar-refractivity contribution < 1.29 is 28.0 Å². The number of amides is 1. The average Bonchev–Trinajstić information content (AvgIpc) is 2.61. The van der Waals surface area contributed by atoms with Crippen molar-refractivity contribution in [3.63, 3.8) is 0 Å². The van der Waals surface area contributed by atoms with Gasteiger partial charge in [0, 0.05) is 13.5 Å². The monoisotopic (exact) mass is 387 g/mol. The maximum Gasteiger partial charge on any atom is 0.330 e. The molecular formula is C18H30NO6P. The van der Waals surface area contributed by atoms with Crippen LogP contribution in [0.3, 0.4) is 0 Å². The fourth-order valence-electron chi connectivity index (χ4n) is 2.35. The van der Waals surface area contributed by atoms with Crippen LogP contribution in [-0.2, 0) is 29.7 Å². The fourth-order valence-corrected chi connectivity index (χ4v) is 3.99. The molecule has 148 valence electrons. The molecule has 0 heterocycles. The van der Waals surface area contributed by atoms with Crippen LogP contribution in [0, 0.1) is 0 Å². The second kappa shape index (κ2) is 12.1. The van der Waals surface area contributed by atoms with E-state index in [1.165, 1.54) is 12.0 Å². The molecule has 0 spiro atoms. The highest BCUT2D eigenvalue weighted by atomic mass is 31.2. The molecule has 0 atom stereocenters. The van der Waals surface area contributed by atoms with Crippen molar-refractivity contribution in [3.8, 4) is 5.75 Å². The minimum Gasteiger partial charge on any atom is -0.497 e. The number of carbonyl (C=O) groups excluding carboxylic acids is 1. The van der Waals surface area contributed by atoms with Crippen molar-refractivity contribution >= 4 is 13.5 Å². The highest BCUT2D eigenvalue weighted by Crippen LogP contribution is 2.48. The number of nitrogens with zero attached hydrogens (tertiary/aromatic N) is 1. The summed E-state index contributed by atoms with van der Waals surface area (Å²) in [5, 5.41) is 1.30. The molecule has 0 unspecified atom stereocenters. The van der Waals surface area contributed by atoms with Crippen LogP contribution in [0.5, 0.6) is 5.75 Å². The molecule has 0 aliphatic heterocycles. The van der Waals surface area contributed by atoms with Crippen LogP contribution in [0.15, 0.2) is 24.3 Å². The second-order valence-corrected chi connectivity index (χ2v) is 7.76. The smallest absolute Gasteiger partial charge is 0.330 e. The van der Waals surface area contributed by atoms with Crippen molar-refractivity contribution in [2.24, 2.45) is 0 Å². The molecule has 0 bridgehead atoms. The van der Waals surface area contributed by atoms with Crippen molar-refractivity contribution in [2.45, 2.75) is 33.6 Å². The Kier molecular flexibility index (Phi) is 10.5. The maximum atomic E-state index is 12.4. The third kappa shape index (κ3) is 8.32. The number of rotatable bonds is 13. The number of benzene rings is 1. The molecular weight excluding hydrogens is 357 g/mol. The summed E-state index contributed by atoms with van der Waals surface area (Å²) in [5.74, 6) is 0.607. The fraction of sp³-hybridized carbons (Fsp3) is 0.611. The summed E-state index contributed by atoms with van der Waals surface area (Å²) in [4.78, 5) is 17.3. The van der Waals surface area contributed by atoms with E-state index in [0.29, 0.717) is 39.2 Å². The molecule has 1 aromatic carbocycles. The Bertz CT molecular complexity index is 568. The molecule has 1 rings (SSSR count). The highest BCUT2D eigenvalue weighted by Gasteiger charge is 2.23. The van der Waals surface area contributed by atoms with E-state index in [2.05, 4.69) is 0 Å². The summed E-state index contributed by atoms with van der Waals surface area (Å²) in [5.41, 5.74) is 1.09. The number of ether oxygens (including phenoxy) is 1. The quantitative estimate of drug-likeness (QED) is 0.380. The Morgan fingerprint density at radius 3 is 2.23 bits per heavy atom. The lowest BCUT2D eigenvalue weighted by Crippen LogP contribution is -2.31. The van der Waals surface area contributed by atoms with Gasteiger partial charge < -0.3 is 13.8 Å². The van der Waals surface area contributed by atoms with Crippen molar-refractivity contribution in [3.05, 3.63) is 29.8 Å². The number of hydrogen-bond acceptors (Lipinski definition) is 6. The Hall–Kier alpha value is -1.40. The topological polar surface area (TPSA) is 74.3 Å². The number of hydrogen-bond donors (Lipinski definition) is 0. The average molecular weight is 387 g/mol. The third-order valence-electron chi connectivity index (χ3n) is 3.59. The summed E-state index contributed by atoms with van der Waals surface area (Å²) in [6, 6.07) is 7.69. The molecule has 0 N–H and O–H groups in total. The van der Waals surface area contributed by atoms with Gasteiger partial charge in [0.1, 0.15) is 5.75 Å². The molecule has 0 fully saturated rings. The number of hydroxylamine groups is 2. The van der Waals surface area contributed by atoms with E-state index < -0.39 is 7.60 Å². The largest absolute Gasteiger partial charge is 0.497 e. The summed E-state index contributed by atoms with van der Waals surface area (Å²) in [6.45, 7) is 6.35. The molecule has 8 heteroatoms. The standard InChI is InChI=1S/C18H30NO6P/c1-5-24-26(21,25-6-2)15-7-13-19(16(3)20)23-14-12-17-8-10-18(22-4)11-9-17/h8-11H,5-7,12-15H2,1-4H3. The highest BCUT2D eigenvalue weighted by molar-refractivity contribution is 7.53. The third-order valence-corrected chi connectivity index (χ3v) is 5.76. The molecule has 0 aliphatic rings. The molecule has 26 heavy (non-hydrogen) atoms.